The largest absolute Gasteiger partial charge is 0.378 e. The molecule has 146 valence electrons. The van der Waals surface area contributed by atoms with E-state index in [2.05, 4.69) is 9.88 Å². The van der Waals surface area contributed by atoms with Gasteiger partial charge in [-0.2, -0.15) is 14.6 Å². The predicted octanol–water partition coefficient (Wildman–Crippen LogP) is 2.76. The summed E-state index contributed by atoms with van der Waals surface area (Å²) in [5, 5.41) is 5.54. The molecule has 1 saturated heterocycles. The van der Waals surface area contributed by atoms with Crippen LogP contribution in [0.15, 0.2) is 47.3 Å². The first-order valence-corrected chi connectivity index (χ1v) is 9.72. The zero-order chi connectivity index (χ0) is 20.0. The molecule has 0 N–H and O–H groups in total. The molecule has 0 aliphatic carbocycles. The molecule has 0 unspecified atom stereocenters. The van der Waals surface area contributed by atoms with Crippen LogP contribution < -0.4 is 10.5 Å². The zero-order valence-electron chi connectivity index (χ0n) is 16.4. The highest BCUT2D eigenvalue weighted by atomic mass is 16.5. The lowest BCUT2D eigenvalue weighted by atomic mass is 10.0. The van der Waals surface area contributed by atoms with Gasteiger partial charge in [0.25, 0.3) is 5.56 Å². The van der Waals surface area contributed by atoms with Crippen molar-refractivity contribution in [2.75, 3.05) is 31.2 Å². The van der Waals surface area contributed by atoms with E-state index >= 15 is 0 Å². The van der Waals surface area contributed by atoms with Gasteiger partial charge in [-0.05, 0) is 43.2 Å². The number of benzene rings is 2. The van der Waals surface area contributed by atoms with Gasteiger partial charge in [-0.3, -0.25) is 4.79 Å². The number of hydrogen-bond acceptors (Lipinski definition) is 6. The van der Waals surface area contributed by atoms with Crippen molar-refractivity contribution in [2.24, 2.45) is 0 Å². The molecular formula is C22H21N5O2. The minimum absolute atomic E-state index is 0.331. The third kappa shape index (κ3) is 3.03. The maximum atomic E-state index is 12.9. The normalized spacial score (nSPS) is 14.6. The van der Waals surface area contributed by atoms with Crippen molar-refractivity contribution in [3.05, 3.63) is 63.9 Å². The summed E-state index contributed by atoms with van der Waals surface area (Å²) in [6.45, 7) is 6.77. The Hall–Kier alpha value is -3.32. The number of aromatic nitrogens is 4. The first kappa shape index (κ1) is 17.8. The first-order valence-electron chi connectivity index (χ1n) is 9.72. The van der Waals surface area contributed by atoms with E-state index in [1.165, 1.54) is 5.56 Å². The van der Waals surface area contributed by atoms with E-state index < -0.39 is 0 Å². The number of ether oxygens (including phenoxy) is 1. The number of nitrogens with zero attached hydrogens (tertiary/aromatic N) is 5. The smallest absolute Gasteiger partial charge is 0.300 e. The molecule has 0 spiro atoms. The van der Waals surface area contributed by atoms with Crippen LogP contribution in [0.2, 0.25) is 0 Å². The van der Waals surface area contributed by atoms with Gasteiger partial charge in [0.05, 0.1) is 18.7 Å². The van der Waals surface area contributed by atoms with Crippen molar-refractivity contribution < 1.29 is 4.74 Å². The second-order valence-electron chi connectivity index (χ2n) is 7.33. The van der Waals surface area contributed by atoms with Crippen LogP contribution in [0.1, 0.15) is 11.1 Å². The molecule has 0 radical (unpaired) electrons. The standard InChI is InChI=1S/C22H21N5O2/c1-14-7-8-16(13-15(14)2)19-21(28)24-20-17-5-3-4-6-18(17)23-22(27(20)25-19)26-9-11-29-12-10-26/h3-8,13H,9-12H2,1-2H3. The lowest BCUT2D eigenvalue weighted by Gasteiger charge is -2.28. The Morgan fingerprint density at radius 1 is 0.966 bits per heavy atom. The van der Waals surface area contributed by atoms with E-state index in [1.54, 1.807) is 4.52 Å². The number of rotatable bonds is 2. The van der Waals surface area contributed by atoms with Gasteiger partial charge in [0, 0.05) is 24.0 Å². The zero-order valence-corrected chi connectivity index (χ0v) is 16.4. The quantitative estimate of drug-likeness (QED) is 0.493. The van der Waals surface area contributed by atoms with Gasteiger partial charge in [0.1, 0.15) is 0 Å². The average Bonchev–Trinajstić information content (AvgIpc) is 2.75. The number of hydrogen-bond donors (Lipinski definition) is 0. The van der Waals surface area contributed by atoms with Crippen LogP contribution in [0.25, 0.3) is 27.8 Å². The molecule has 2 aromatic heterocycles. The summed E-state index contributed by atoms with van der Waals surface area (Å²) in [6.07, 6.45) is 0. The summed E-state index contributed by atoms with van der Waals surface area (Å²) in [5.74, 6) is 0.680. The fourth-order valence-electron chi connectivity index (χ4n) is 3.65. The minimum Gasteiger partial charge on any atom is -0.378 e. The molecule has 0 bridgehead atoms. The minimum atomic E-state index is -0.336. The summed E-state index contributed by atoms with van der Waals surface area (Å²) >= 11 is 0. The Bertz CT molecular complexity index is 1290. The first-order chi connectivity index (χ1) is 14.1. The van der Waals surface area contributed by atoms with Crippen LogP contribution in [0.4, 0.5) is 5.95 Å². The molecule has 7 nitrogen and oxygen atoms in total. The van der Waals surface area contributed by atoms with Crippen LogP contribution in [0.5, 0.6) is 0 Å². The molecule has 29 heavy (non-hydrogen) atoms. The van der Waals surface area contributed by atoms with Crippen LogP contribution in [0.3, 0.4) is 0 Å². The topological polar surface area (TPSA) is 72.6 Å². The Kier molecular flexibility index (Phi) is 4.24. The molecule has 0 atom stereocenters. The van der Waals surface area contributed by atoms with Gasteiger partial charge in [-0.15, -0.1) is 0 Å². The molecule has 7 heteroatoms. The predicted molar refractivity (Wildman–Crippen MR) is 113 cm³/mol. The van der Waals surface area contributed by atoms with Gasteiger partial charge in [-0.25, -0.2) is 4.98 Å². The van der Waals surface area contributed by atoms with Crippen molar-refractivity contribution >= 4 is 22.5 Å². The third-order valence-corrected chi connectivity index (χ3v) is 5.44. The highest BCUT2D eigenvalue weighted by Crippen LogP contribution is 2.24. The molecule has 5 rings (SSSR count). The maximum absolute atomic E-state index is 12.9. The molecule has 3 heterocycles. The SMILES string of the molecule is Cc1ccc(-c2nn3c(N4CCOCC4)nc4ccccc4c3nc2=O)cc1C. The summed E-state index contributed by atoms with van der Waals surface area (Å²) in [4.78, 5) is 24.3. The summed E-state index contributed by atoms with van der Waals surface area (Å²) in [6, 6.07) is 13.6. The van der Waals surface area contributed by atoms with Crippen LogP contribution >= 0.6 is 0 Å². The summed E-state index contributed by atoms with van der Waals surface area (Å²) in [5.41, 5.74) is 4.36. The molecule has 1 aliphatic heterocycles. The molecule has 2 aromatic carbocycles. The van der Waals surface area contributed by atoms with E-state index in [1.807, 2.05) is 56.3 Å². The number of morpholine rings is 1. The van der Waals surface area contributed by atoms with E-state index in [-0.39, 0.29) is 5.56 Å². The van der Waals surface area contributed by atoms with Gasteiger partial charge in [-0.1, -0.05) is 24.3 Å². The van der Waals surface area contributed by atoms with Crippen molar-refractivity contribution in [3.8, 4) is 11.3 Å². The van der Waals surface area contributed by atoms with E-state index in [9.17, 15) is 4.79 Å². The van der Waals surface area contributed by atoms with Crippen molar-refractivity contribution in [1.82, 2.24) is 19.6 Å². The molecule has 1 aliphatic rings. The van der Waals surface area contributed by atoms with Crippen LogP contribution in [-0.4, -0.2) is 45.9 Å². The Morgan fingerprint density at radius 2 is 1.76 bits per heavy atom. The maximum Gasteiger partial charge on any atom is 0.300 e. The van der Waals surface area contributed by atoms with Crippen LogP contribution in [0, 0.1) is 13.8 Å². The second kappa shape index (κ2) is 6.93. The number of para-hydroxylation sites is 1. The van der Waals surface area contributed by atoms with Gasteiger partial charge in [0.15, 0.2) is 11.3 Å². The third-order valence-electron chi connectivity index (χ3n) is 5.44. The molecule has 0 saturated carbocycles. The monoisotopic (exact) mass is 387 g/mol. The molecule has 1 fully saturated rings. The fourth-order valence-corrected chi connectivity index (χ4v) is 3.65. The Labute approximate surface area is 167 Å². The Morgan fingerprint density at radius 3 is 2.55 bits per heavy atom. The average molecular weight is 387 g/mol. The lowest BCUT2D eigenvalue weighted by molar-refractivity contribution is 0.122. The number of fused-ring (bicyclic) bond motifs is 3. The fraction of sp³-hybridized carbons (Fsp3) is 0.273. The summed E-state index contributed by atoms with van der Waals surface area (Å²) < 4.78 is 7.20. The highest BCUT2D eigenvalue weighted by Gasteiger charge is 2.20. The van der Waals surface area contributed by atoms with Crippen molar-refractivity contribution in [2.45, 2.75) is 13.8 Å². The van der Waals surface area contributed by atoms with E-state index in [0.29, 0.717) is 43.6 Å². The second-order valence-corrected chi connectivity index (χ2v) is 7.33. The van der Waals surface area contributed by atoms with E-state index in [4.69, 9.17) is 14.8 Å². The van der Waals surface area contributed by atoms with Gasteiger partial charge < -0.3 is 9.64 Å². The van der Waals surface area contributed by atoms with Crippen LogP contribution in [-0.2, 0) is 4.74 Å². The lowest BCUT2D eigenvalue weighted by Crippen LogP contribution is -2.38. The van der Waals surface area contributed by atoms with Gasteiger partial charge >= 0.3 is 0 Å². The number of anilines is 1. The summed E-state index contributed by atoms with van der Waals surface area (Å²) in [7, 11) is 0. The van der Waals surface area contributed by atoms with Crippen molar-refractivity contribution in [1.29, 1.82) is 0 Å². The molecular weight excluding hydrogens is 366 g/mol. The Balaban J connectivity index is 1.81. The molecule has 4 aromatic rings. The molecule has 0 amide bonds. The van der Waals surface area contributed by atoms with Crippen molar-refractivity contribution in [3.63, 3.8) is 0 Å². The number of aryl methyl sites for hydroxylation is 2. The van der Waals surface area contributed by atoms with E-state index in [0.717, 1.165) is 22.0 Å². The highest BCUT2D eigenvalue weighted by molar-refractivity contribution is 5.92. The van der Waals surface area contributed by atoms with Gasteiger partial charge in [0.2, 0.25) is 5.95 Å².